The van der Waals surface area contributed by atoms with E-state index in [1.54, 1.807) is 43.3 Å². The Bertz CT molecular complexity index is 760. The predicted molar refractivity (Wildman–Crippen MR) is 94.9 cm³/mol. The lowest BCUT2D eigenvalue weighted by atomic mass is 10.00. The number of ketones is 1. The zero-order valence-electron chi connectivity index (χ0n) is 13.4. The number of aryl methyl sites for hydroxylation is 1. The van der Waals surface area contributed by atoms with Crippen molar-refractivity contribution in [2.75, 3.05) is 6.61 Å². The van der Waals surface area contributed by atoms with Gasteiger partial charge >= 0.3 is 5.97 Å². The van der Waals surface area contributed by atoms with Gasteiger partial charge in [0.1, 0.15) is 0 Å². The van der Waals surface area contributed by atoms with Crippen LogP contribution in [0.2, 0.25) is 0 Å². The first-order chi connectivity index (χ1) is 11.5. The minimum atomic E-state index is -0.904. The molecule has 0 heterocycles. The molecule has 0 N–H and O–H groups in total. The summed E-state index contributed by atoms with van der Waals surface area (Å²) >= 11 is 3.10. The number of hydrogen-bond acceptors (Lipinski definition) is 5. The molecule has 0 amide bonds. The molecule has 1 unspecified atom stereocenters. The molecule has 0 saturated carbocycles. The van der Waals surface area contributed by atoms with E-state index in [-0.39, 0.29) is 12.4 Å². The summed E-state index contributed by atoms with van der Waals surface area (Å²) in [5.41, 5.74) is 2.35. The van der Waals surface area contributed by atoms with Gasteiger partial charge in [-0.15, -0.1) is 0 Å². The third-order valence-corrected chi connectivity index (χ3v) is 3.74. The predicted octanol–water partition coefficient (Wildman–Crippen LogP) is 4.59. The maximum absolute atomic E-state index is 12.7. The summed E-state index contributed by atoms with van der Waals surface area (Å²) in [5.74, 6) is -0.667. The summed E-state index contributed by atoms with van der Waals surface area (Å²) < 4.78 is 4.85. The Morgan fingerprint density at radius 3 is 2.54 bits per heavy atom. The molecule has 0 radical (unpaired) electrons. The van der Waals surface area contributed by atoms with E-state index in [0.717, 1.165) is 5.56 Å². The highest BCUT2D eigenvalue weighted by Crippen LogP contribution is 2.25. The molecule has 24 heavy (non-hydrogen) atoms. The molecule has 0 bridgehead atoms. The zero-order chi connectivity index (χ0) is 17.5. The van der Waals surface area contributed by atoms with Crippen molar-refractivity contribution in [1.29, 1.82) is 0 Å². The van der Waals surface area contributed by atoms with Crippen LogP contribution in [0, 0.1) is 6.92 Å². The highest BCUT2D eigenvalue weighted by Gasteiger charge is 2.17. The Hall–Kier alpha value is -2.34. The standard InChI is InChI=1S/C18H17BrN2O3/c1-3-24-18(23)17(19)21-20-15-10-9-12(2)11-14(15)16(22)13-7-5-4-6-8-13/h4-11,17H,3H2,1-2H3. The van der Waals surface area contributed by atoms with Gasteiger partial charge in [-0.25, -0.2) is 4.79 Å². The number of ether oxygens (including phenoxy) is 1. The van der Waals surface area contributed by atoms with Gasteiger partial charge in [-0.2, -0.15) is 10.2 Å². The minimum absolute atomic E-state index is 0.143. The van der Waals surface area contributed by atoms with E-state index in [1.165, 1.54) is 0 Å². The number of halogens is 1. The average Bonchev–Trinajstić information content (AvgIpc) is 2.60. The number of rotatable bonds is 6. The van der Waals surface area contributed by atoms with Crippen LogP contribution < -0.4 is 0 Å². The molecule has 124 valence electrons. The van der Waals surface area contributed by atoms with E-state index >= 15 is 0 Å². The quantitative estimate of drug-likeness (QED) is 0.239. The molecule has 2 rings (SSSR count). The van der Waals surface area contributed by atoms with Gasteiger partial charge in [0, 0.05) is 5.56 Å². The van der Waals surface area contributed by atoms with Crippen LogP contribution in [0.15, 0.2) is 58.8 Å². The lowest BCUT2D eigenvalue weighted by Gasteiger charge is -2.07. The van der Waals surface area contributed by atoms with E-state index in [0.29, 0.717) is 16.8 Å². The highest BCUT2D eigenvalue weighted by molar-refractivity contribution is 9.10. The second-order valence-corrected chi connectivity index (χ2v) is 5.89. The van der Waals surface area contributed by atoms with Crippen LogP contribution in [-0.4, -0.2) is 23.3 Å². The zero-order valence-corrected chi connectivity index (χ0v) is 15.0. The number of esters is 1. The normalized spacial score (nSPS) is 12.1. The second-order valence-electron chi connectivity index (χ2n) is 5.02. The molecule has 0 aliphatic heterocycles. The SMILES string of the molecule is CCOC(=O)C(Br)N=Nc1ccc(C)cc1C(=O)c1ccccc1. The molecule has 0 saturated heterocycles. The van der Waals surface area contributed by atoms with Crippen molar-refractivity contribution in [3.8, 4) is 0 Å². The van der Waals surface area contributed by atoms with Crippen molar-refractivity contribution in [2.24, 2.45) is 10.2 Å². The lowest BCUT2D eigenvalue weighted by Crippen LogP contribution is -2.14. The van der Waals surface area contributed by atoms with Gasteiger partial charge in [0.25, 0.3) is 0 Å². The monoisotopic (exact) mass is 388 g/mol. The largest absolute Gasteiger partial charge is 0.464 e. The van der Waals surface area contributed by atoms with Crippen LogP contribution in [0.3, 0.4) is 0 Å². The van der Waals surface area contributed by atoms with E-state index in [2.05, 4.69) is 26.2 Å². The third kappa shape index (κ3) is 4.58. The van der Waals surface area contributed by atoms with Crippen LogP contribution >= 0.6 is 15.9 Å². The fourth-order valence-corrected chi connectivity index (χ4v) is 2.26. The molecule has 6 heteroatoms. The molecule has 5 nitrogen and oxygen atoms in total. The summed E-state index contributed by atoms with van der Waals surface area (Å²) in [6.45, 7) is 3.87. The molecule has 1 atom stereocenters. The van der Waals surface area contributed by atoms with Gasteiger partial charge in [0.05, 0.1) is 17.9 Å². The van der Waals surface area contributed by atoms with E-state index in [9.17, 15) is 9.59 Å². The summed E-state index contributed by atoms with van der Waals surface area (Å²) in [7, 11) is 0. The van der Waals surface area contributed by atoms with E-state index in [1.807, 2.05) is 19.1 Å². The Morgan fingerprint density at radius 2 is 1.88 bits per heavy atom. The molecule has 0 aromatic heterocycles. The van der Waals surface area contributed by atoms with Gasteiger partial charge in [0.15, 0.2) is 5.78 Å². The fourth-order valence-electron chi connectivity index (χ4n) is 2.04. The first-order valence-corrected chi connectivity index (χ1v) is 8.36. The van der Waals surface area contributed by atoms with Crippen molar-refractivity contribution in [1.82, 2.24) is 0 Å². The highest BCUT2D eigenvalue weighted by atomic mass is 79.9. The molecule has 0 aliphatic rings. The fraction of sp³-hybridized carbons (Fsp3) is 0.222. The summed E-state index contributed by atoms with van der Waals surface area (Å²) in [4.78, 5) is 23.4. The summed E-state index contributed by atoms with van der Waals surface area (Å²) in [6, 6.07) is 14.3. The molecule has 2 aromatic carbocycles. The van der Waals surface area contributed by atoms with E-state index < -0.39 is 10.9 Å². The van der Waals surface area contributed by atoms with Crippen LogP contribution in [0.25, 0.3) is 0 Å². The van der Waals surface area contributed by atoms with Crippen LogP contribution in [-0.2, 0) is 9.53 Å². The topological polar surface area (TPSA) is 68.1 Å². The minimum Gasteiger partial charge on any atom is -0.464 e. The average molecular weight is 389 g/mol. The Kier molecular flexibility index (Phi) is 6.37. The molecule has 0 fully saturated rings. The lowest BCUT2D eigenvalue weighted by molar-refractivity contribution is -0.142. The van der Waals surface area contributed by atoms with Gasteiger partial charge < -0.3 is 4.74 Å². The number of benzene rings is 2. The number of carbonyl (C=O) groups excluding carboxylic acids is 2. The van der Waals surface area contributed by atoms with Gasteiger partial charge in [-0.1, -0.05) is 42.0 Å². The first kappa shape index (κ1) is 18.0. The van der Waals surface area contributed by atoms with Crippen molar-refractivity contribution in [3.05, 3.63) is 65.2 Å². The maximum atomic E-state index is 12.7. The van der Waals surface area contributed by atoms with Crippen LogP contribution in [0.1, 0.15) is 28.4 Å². The smallest absolute Gasteiger partial charge is 0.343 e. The van der Waals surface area contributed by atoms with E-state index in [4.69, 9.17) is 4.74 Å². The number of alkyl halides is 1. The van der Waals surface area contributed by atoms with Crippen molar-refractivity contribution in [2.45, 2.75) is 18.8 Å². The molecular formula is C18H17BrN2O3. The van der Waals surface area contributed by atoms with Crippen molar-refractivity contribution in [3.63, 3.8) is 0 Å². The Balaban J connectivity index is 2.31. The molecule has 2 aromatic rings. The molecule has 0 aliphatic carbocycles. The number of azo groups is 1. The number of carbonyl (C=O) groups is 2. The summed E-state index contributed by atoms with van der Waals surface area (Å²) in [6.07, 6.45) is 0. The van der Waals surface area contributed by atoms with Gasteiger partial charge in [-0.05, 0) is 41.9 Å². The second kappa shape index (κ2) is 8.49. The summed E-state index contributed by atoms with van der Waals surface area (Å²) in [5, 5.41) is 7.95. The van der Waals surface area contributed by atoms with Gasteiger partial charge in [-0.3, -0.25) is 4.79 Å². The van der Waals surface area contributed by atoms with Gasteiger partial charge in [0.2, 0.25) is 4.95 Å². The third-order valence-electron chi connectivity index (χ3n) is 3.18. The first-order valence-electron chi connectivity index (χ1n) is 7.45. The Morgan fingerprint density at radius 1 is 1.17 bits per heavy atom. The van der Waals surface area contributed by atoms with Crippen LogP contribution in [0.4, 0.5) is 5.69 Å². The number of nitrogens with zero attached hydrogens (tertiary/aromatic N) is 2. The maximum Gasteiger partial charge on any atom is 0.343 e. The van der Waals surface area contributed by atoms with Crippen molar-refractivity contribution >= 4 is 33.4 Å². The Labute approximate surface area is 148 Å². The number of hydrogen-bond donors (Lipinski definition) is 0. The molecule has 0 spiro atoms. The molecular weight excluding hydrogens is 372 g/mol. The van der Waals surface area contributed by atoms with Crippen LogP contribution in [0.5, 0.6) is 0 Å². The van der Waals surface area contributed by atoms with Crippen molar-refractivity contribution < 1.29 is 14.3 Å².